The second-order valence-corrected chi connectivity index (χ2v) is 10.8. The lowest BCUT2D eigenvalue weighted by Gasteiger charge is -2.24. The van der Waals surface area contributed by atoms with Crippen molar-refractivity contribution in [2.75, 3.05) is 32.2 Å². The number of hydrazone groups is 1. The molecule has 37 heavy (non-hydrogen) atoms. The fourth-order valence-corrected chi connectivity index (χ4v) is 5.61. The standard InChI is InChI=1S/C25H25BrClN3O6S/c1-16-5-8-19(9-6-16)37(32,33)30(18-7-10-22(34-2)21(27)13-18)15-24(31)29-28-14-17-11-20(26)25(36-4)23(12-17)35-3/h5-14H,15H2,1-4H3,(H,29,31)/b28-14-. The van der Waals surface area contributed by atoms with E-state index in [0.717, 1.165) is 9.87 Å². The number of halogens is 2. The summed E-state index contributed by atoms with van der Waals surface area (Å²) in [4.78, 5) is 12.8. The van der Waals surface area contributed by atoms with Gasteiger partial charge in [0.05, 0.1) is 47.6 Å². The van der Waals surface area contributed by atoms with Gasteiger partial charge in [0.2, 0.25) is 0 Å². The van der Waals surface area contributed by atoms with Crippen LogP contribution in [0, 0.1) is 6.92 Å². The van der Waals surface area contributed by atoms with E-state index in [2.05, 4.69) is 26.5 Å². The Hall–Kier alpha value is -3.28. The number of methoxy groups -OCH3 is 3. The van der Waals surface area contributed by atoms with Crippen molar-refractivity contribution in [2.45, 2.75) is 11.8 Å². The number of nitrogens with zero attached hydrogens (tertiary/aromatic N) is 2. The first-order chi connectivity index (χ1) is 17.6. The molecule has 0 aliphatic rings. The molecular weight excluding hydrogens is 586 g/mol. The van der Waals surface area contributed by atoms with E-state index in [4.69, 9.17) is 25.8 Å². The minimum atomic E-state index is -4.12. The largest absolute Gasteiger partial charge is 0.495 e. The molecule has 9 nitrogen and oxygen atoms in total. The van der Waals surface area contributed by atoms with Crippen molar-refractivity contribution >= 4 is 55.4 Å². The lowest BCUT2D eigenvalue weighted by atomic mass is 10.2. The number of hydrogen-bond donors (Lipinski definition) is 1. The van der Waals surface area contributed by atoms with Crippen LogP contribution in [0.15, 0.2) is 69.1 Å². The number of amides is 1. The summed E-state index contributed by atoms with van der Waals surface area (Å²) in [7, 11) is 0.350. The van der Waals surface area contributed by atoms with Gasteiger partial charge in [0.15, 0.2) is 11.5 Å². The predicted octanol–water partition coefficient (Wildman–Crippen LogP) is 4.78. The molecule has 1 amide bonds. The number of sulfonamides is 1. The van der Waals surface area contributed by atoms with E-state index in [1.54, 1.807) is 24.3 Å². The molecule has 0 fully saturated rings. The summed E-state index contributed by atoms with van der Waals surface area (Å²) >= 11 is 9.64. The van der Waals surface area contributed by atoms with Crippen LogP contribution in [0.2, 0.25) is 5.02 Å². The molecule has 0 unspecified atom stereocenters. The molecule has 0 aliphatic heterocycles. The molecule has 0 saturated heterocycles. The van der Waals surface area contributed by atoms with Gasteiger partial charge in [0.1, 0.15) is 12.3 Å². The van der Waals surface area contributed by atoms with Crippen molar-refractivity contribution in [3.8, 4) is 17.2 Å². The third-order valence-corrected chi connectivity index (χ3v) is 7.85. The molecule has 3 rings (SSSR count). The molecule has 0 atom stereocenters. The van der Waals surface area contributed by atoms with Crippen molar-refractivity contribution in [1.29, 1.82) is 0 Å². The van der Waals surface area contributed by atoms with Crippen molar-refractivity contribution in [2.24, 2.45) is 5.10 Å². The molecule has 3 aromatic rings. The molecule has 0 aromatic heterocycles. The molecule has 12 heteroatoms. The summed E-state index contributed by atoms with van der Waals surface area (Å²) in [5.74, 6) is 0.682. The smallest absolute Gasteiger partial charge is 0.264 e. The number of ether oxygens (including phenoxy) is 3. The van der Waals surface area contributed by atoms with Gasteiger partial charge in [-0.3, -0.25) is 9.10 Å². The van der Waals surface area contributed by atoms with E-state index in [0.29, 0.717) is 27.3 Å². The molecule has 0 saturated carbocycles. The first-order valence-corrected chi connectivity index (χ1v) is 13.4. The number of carbonyl (C=O) groups is 1. The zero-order valence-corrected chi connectivity index (χ0v) is 23.6. The molecule has 0 spiro atoms. The number of rotatable bonds is 10. The van der Waals surface area contributed by atoms with Crippen LogP contribution in [0.4, 0.5) is 5.69 Å². The second kappa shape index (κ2) is 12.3. The van der Waals surface area contributed by atoms with Gasteiger partial charge < -0.3 is 14.2 Å². The van der Waals surface area contributed by atoms with Crippen LogP contribution >= 0.6 is 27.5 Å². The summed E-state index contributed by atoms with van der Waals surface area (Å²) in [6.45, 7) is 1.30. The number of anilines is 1. The zero-order valence-electron chi connectivity index (χ0n) is 20.5. The highest BCUT2D eigenvalue weighted by molar-refractivity contribution is 9.10. The van der Waals surface area contributed by atoms with Gasteiger partial charge in [-0.25, -0.2) is 13.8 Å². The van der Waals surface area contributed by atoms with E-state index in [1.165, 1.54) is 57.9 Å². The Labute approximate surface area is 229 Å². The van der Waals surface area contributed by atoms with Crippen LogP contribution < -0.4 is 23.9 Å². The van der Waals surface area contributed by atoms with E-state index in [-0.39, 0.29) is 15.6 Å². The third kappa shape index (κ3) is 6.73. The summed E-state index contributed by atoms with van der Waals surface area (Å²) in [6.07, 6.45) is 1.40. The monoisotopic (exact) mass is 609 g/mol. The van der Waals surface area contributed by atoms with Crippen molar-refractivity contribution in [3.63, 3.8) is 0 Å². The Balaban J connectivity index is 1.88. The SMILES string of the molecule is COc1ccc(N(CC(=O)N/N=C\c2cc(Br)c(OC)c(OC)c2)S(=O)(=O)c2ccc(C)cc2)cc1Cl. The van der Waals surface area contributed by atoms with Gasteiger partial charge in [0, 0.05) is 0 Å². The second-order valence-electron chi connectivity index (χ2n) is 7.67. The summed E-state index contributed by atoms with van der Waals surface area (Å²) in [5.41, 5.74) is 4.06. The van der Waals surface area contributed by atoms with Gasteiger partial charge in [-0.2, -0.15) is 5.10 Å². The molecule has 0 heterocycles. The quantitative estimate of drug-likeness (QED) is 0.262. The Morgan fingerprint density at radius 1 is 1.03 bits per heavy atom. The maximum atomic E-state index is 13.5. The van der Waals surface area contributed by atoms with E-state index in [1.807, 2.05) is 6.92 Å². The molecule has 196 valence electrons. The first kappa shape index (κ1) is 28.3. The number of hydrogen-bond acceptors (Lipinski definition) is 7. The molecule has 1 N–H and O–H groups in total. The van der Waals surface area contributed by atoms with E-state index in [9.17, 15) is 13.2 Å². The molecule has 3 aromatic carbocycles. The fourth-order valence-electron chi connectivity index (χ4n) is 3.32. The topological polar surface area (TPSA) is 107 Å². The minimum absolute atomic E-state index is 0.0246. The van der Waals surface area contributed by atoms with Crippen LogP contribution in [0.1, 0.15) is 11.1 Å². The van der Waals surface area contributed by atoms with Gasteiger partial charge in [-0.1, -0.05) is 29.3 Å². The first-order valence-electron chi connectivity index (χ1n) is 10.8. The van der Waals surface area contributed by atoms with Gasteiger partial charge in [-0.05, 0) is 70.9 Å². The Morgan fingerprint density at radius 2 is 1.70 bits per heavy atom. The van der Waals surface area contributed by atoms with Gasteiger partial charge in [0.25, 0.3) is 15.9 Å². The minimum Gasteiger partial charge on any atom is -0.495 e. The van der Waals surface area contributed by atoms with Crippen molar-refractivity contribution in [3.05, 3.63) is 75.2 Å². The molecular formula is C25H25BrClN3O6S. The number of benzene rings is 3. The summed E-state index contributed by atoms with van der Waals surface area (Å²) in [6, 6.07) is 14.2. The maximum absolute atomic E-state index is 13.5. The highest BCUT2D eigenvalue weighted by Crippen LogP contribution is 2.36. The Morgan fingerprint density at radius 3 is 2.30 bits per heavy atom. The normalized spacial score (nSPS) is 11.3. The summed E-state index contributed by atoms with van der Waals surface area (Å²) in [5, 5.41) is 4.16. The average Bonchev–Trinajstić information content (AvgIpc) is 2.87. The molecule has 0 radical (unpaired) electrons. The lowest BCUT2D eigenvalue weighted by Crippen LogP contribution is -2.39. The maximum Gasteiger partial charge on any atom is 0.264 e. The van der Waals surface area contributed by atoms with Gasteiger partial charge in [-0.15, -0.1) is 0 Å². The highest BCUT2D eigenvalue weighted by Gasteiger charge is 2.28. The summed E-state index contributed by atoms with van der Waals surface area (Å²) < 4.78 is 44.4. The van der Waals surface area contributed by atoms with Crippen LogP contribution in [0.25, 0.3) is 0 Å². The van der Waals surface area contributed by atoms with E-state index >= 15 is 0 Å². The number of aryl methyl sites for hydroxylation is 1. The zero-order chi connectivity index (χ0) is 27.2. The van der Waals surface area contributed by atoms with Crippen molar-refractivity contribution in [1.82, 2.24) is 5.43 Å². The van der Waals surface area contributed by atoms with Crippen LogP contribution in [-0.2, 0) is 14.8 Å². The fraction of sp³-hybridized carbons (Fsp3) is 0.200. The molecule has 0 aliphatic carbocycles. The molecule has 0 bridgehead atoms. The lowest BCUT2D eigenvalue weighted by molar-refractivity contribution is -0.119. The van der Waals surface area contributed by atoms with Crippen LogP contribution in [0.5, 0.6) is 17.2 Å². The Bertz CT molecular complexity index is 1410. The predicted molar refractivity (Wildman–Crippen MR) is 147 cm³/mol. The van der Waals surface area contributed by atoms with Crippen LogP contribution in [-0.4, -0.2) is 48.4 Å². The number of nitrogens with one attached hydrogen (secondary N) is 1. The number of carbonyl (C=O) groups excluding carboxylic acids is 1. The van der Waals surface area contributed by atoms with Gasteiger partial charge >= 0.3 is 0 Å². The average molecular weight is 611 g/mol. The third-order valence-electron chi connectivity index (χ3n) is 5.18. The van der Waals surface area contributed by atoms with Crippen LogP contribution in [0.3, 0.4) is 0 Å². The van der Waals surface area contributed by atoms with E-state index < -0.39 is 22.5 Å². The highest BCUT2D eigenvalue weighted by atomic mass is 79.9. The van der Waals surface area contributed by atoms with Crippen molar-refractivity contribution < 1.29 is 27.4 Å². The Kier molecular flexibility index (Phi) is 9.41.